The van der Waals surface area contributed by atoms with Gasteiger partial charge in [0.05, 0.1) is 6.42 Å². The molecule has 0 fully saturated rings. The lowest BCUT2D eigenvalue weighted by atomic mass is 10.1. The minimum absolute atomic E-state index is 0.203. The SMILES string of the molecule is CCCC(NC(=O)Cc1cc(F)cc(F)c1)C(=O)Nc1nnc(C(CC)CC)s1. The van der Waals surface area contributed by atoms with Crippen molar-refractivity contribution in [1.82, 2.24) is 15.5 Å². The Morgan fingerprint density at radius 3 is 2.31 bits per heavy atom. The largest absolute Gasteiger partial charge is 0.344 e. The fraction of sp³-hybridized carbons (Fsp3) is 0.500. The van der Waals surface area contributed by atoms with Gasteiger partial charge >= 0.3 is 0 Å². The molecular weight excluding hydrogens is 398 g/mol. The van der Waals surface area contributed by atoms with Crippen LogP contribution in [0.3, 0.4) is 0 Å². The maximum Gasteiger partial charge on any atom is 0.248 e. The number of amides is 2. The van der Waals surface area contributed by atoms with Gasteiger partial charge in [-0.2, -0.15) is 0 Å². The summed E-state index contributed by atoms with van der Waals surface area (Å²) in [6.45, 7) is 6.04. The van der Waals surface area contributed by atoms with Crippen molar-refractivity contribution in [3.05, 3.63) is 40.4 Å². The van der Waals surface area contributed by atoms with Crippen molar-refractivity contribution in [2.45, 2.75) is 64.8 Å². The summed E-state index contributed by atoms with van der Waals surface area (Å²) in [6.07, 6.45) is 2.75. The number of carbonyl (C=O) groups is 2. The van der Waals surface area contributed by atoms with Crippen LogP contribution in [0.25, 0.3) is 0 Å². The smallest absolute Gasteiger partial charge is 0.248 e. The molecule has 2 amide bonds. The van der Waals surface area contributed by atoms with Crippen molar-refractivity contribution in [3.8, 4) is 0 Å². The van der Waals surface area contributed by atoms with Crippen molar-refractivity contribution in [2.24, 2.45) is 0 Å². The van der Waals surface area contributed by atoms with E-state index in [4.69, 9.17) is 0 Å². The van der Waals surface area contributed by atoms with Gasteiger partial charge in [-0.15, -0.1) is 10.2 Å². The highest BCUT2D eigenvalue weighted by Gasteiger charge is 2.22. The van der Waals surface area contributed by atoms with E-state index in [2.05, 4.69) is 34.7 Å². The van der Waals surface area contributed by atoms with Crippen molar-refractivity contribution in [3.63, 3.8) is 0 Å². The second-order valence-corrected chi connectivity index (χ2v) is 7.82. The van der Waals surface area contributed by atoms with Crippen molar-refractivity contribution in [1.29, 1.82) is 0 Å². The normalized spacial score (nSPS) is 12.1. The average molecular weight is 425 g/mol. The molecule has 0 aliphatic carbocycles. The fourth-order valence-corrected chi connectivity index (χ4v) is 3.99. The Labute approximate surface area is 173 Å². The van der Waals surface area contributed by atoms with E-state index in [0.717, 1.165) is 36.0 Å². The molecule has 1 atom stereocenters. The lowest BCUT2D eigenvalue weighted by Crippen LogP contribution is -2.44. The summed E-state index contributed by atoms with van der Waals surface area (Å²) < 4.78 is 26.6. The van der Waals surface area contributed by atoms with Crippen LogP contribution in [0, 0.1) is 11.6 Å². The summed E-state index contributed by atoms with van der Waals surface area (Å²) in [5.41, 5.74) is 0.203. The van der Waals surface area contributed by atoms with Gasteiger partial charge in [0.1, 0.15) is 22.7 Å². The van der Waals surface area contributed by atoms with E-state index in [-0.39, 0.29) is 12.0 Å². The minimum Gasteiger partial charge on any atom is -0.344 e. The zero-order valence-corrected chi connectivity index (χ0v) is 17.6. The van der Waals surface area contributed by atoms with E-state index in [1.807, 2.05) is 6.92 Å². The molecule has 29 heavy (non-hydrogen) atoms. The number of anilines is 1. The van der Waals surface area contributed by atoms with E-state index in [0.29, 0.717) is 23.9 Å². The van der Waals surface area contributed by atoms with Gasteiger partial charge in [0.15, 0.2) is 0 Å². The Morgan fingerprint density at radius 2 is 1.72 bits per heavy atom. The lowest BCUT2D eigenvalue weighted by Gasteiger charge is -2.17. The van der Waals surface area contributed by atoms with Crippen LogP contribution in [-0.4, -0.2) is 28.1 Å². The molecule has 158 valence electrons. The van der Waals surface area contributed by atoms with Gasteiger partial charge in [0.2, 0.25) is 16.9 Å². The Morgan fingerprint density at radius 1 is 1.07 bits per heavy atom. The number of nitrogens with zero attached hydrogens (tertiary/aromatic N) is 2. The molecule has 1 aromatic heterocycles. The van der Waals surface area contributed by atoms with Crippen LogP contribution in [0.1, 0.15) is 62.9 Å². The van der Waals surface area contributed by atoms with Crippen molar-refractivity contribution < 1.29 is 18.4 Å². The highest BCUT2D eigenvalue weighted by molar-refractivity contribution is 7.15. The number of nitrogens with one attached hydrogen (secondary N) is 2. The Kier molecular flexibility index (Phi) is 8.63. The number of halogens is 2. The first kappa shape index (κ1) is 22.9. The highest BCUT2D eigenvalue weighted by atomic mass is 32.1. The second kappa shape index (κ2) is 10.9. The Hall–Kier alpha value is -2.42. The number of aromatic nitrogens is 2. The first-order valence-corrected chi connectivity index (χ1v) is 10.6. The number of rotatable bonds is 10. The summed E-state index contributed by atoms with van der Waals surface area (Å²) in [7, 11) is 0. The molecule has 2 N–H and O–H groups in total. The third-order valence-corrected chi connectivity index (χ3v) is 5.52. The molecule has 6 nitrogen and oxygen atoms in total. The molecule has 0 spiro atoms. The number of hydrogen-bond donors (Lipinski definition) is 2. The molecule has 0 bridgehead atoms. The maximum atomic E-state index is 13.3. The summed E-state index contributed by atoms with van der Waals surface area (Å²) >= 11 is 1.33. The summed E-state index contributed by atoms with van der Waals surface area (Å²) in [5, 5.41) is 14.8. The van der Waals surface area contributed by atoms with Crippen LogP contribution in [0.15, 0.2) is 18.2 Å². The maximum absolute atomic E-state index is 13.3. The standard InChI is InChI=1S/C20H26F2N4O2S/c1-4-7-16(23-17(27)10-12-8-14(21)11-15(22)9-12)18(28)24-20-26-25-19(29-20)13(5-2)6-3/h8-9,11,13,16H,4-7,10H2,1-3H3,(H,23,27)(H,24,26,28). The minimum atomic E-state index is -0.772. The van der Waals surface area contributed by atoms with Gasteiger partial charge in [-0.05, 0) is 37.0 Å². The number of carbonyl (C=O) groups excluding carboxylic acids is 2. The van der Waals surface area contributed by atoms with Gasteiger partial charge in [-0.25, -0.2) is 8.78 Å². The Balaban J connectivity index is 2.00. The molecule has 2 rings (SSSR count). The Bertz CT molecular complexity index is 819. The zero-order valence-electron chi connectivity index (χ0n) is 16.8. The van der Waals surface area contributed by atoms with Gasteiger partial charge in [0, 0.05) is 12.0 Å². The van der Waals surface area contributed by atoms with E-state index < -0.39 is 29.5 Å². The average Bonchev–Trinajstić information content (AvgIpc) is 3.09. The topological polar surface area (TPSA) is 84.0 Å². The zero-order chi connectivity index (χ0) is 21.4. The predicted octanol–water partition coefficient (Wildman–Crippen LogP) is 4.19. The number of benzene rings is 1. The third kappa shape index (κ3) is 6.85. The van der Waals surface area contributed by atoms with Gasteiger partial charge in [-0.1, -0.05) is 38.5 Å². The first-order chi connectivity index (χ1) is 13.9. The molecule has 0 aliphatic heterocycles. The molecule has 0 radical (unpaired) electrons. The molecule has 1 aromatic carbocycles. The van der Waals surface area contributed by atoms with Crippen LogP contribution in [-0.2, 0) is 16.0 Å². The molecule has 0 saturated carbocycles. The molecule has 9 heteroatoms. The number of hydrogen-bond acceptors (Lipinski definition) is 5. The molecule has 1 unspecified atom stereocenters. The molecule has 0 saturated heterocycles. The predicted molar refractivity (Wildman–Crippen MR) is 109 cm³/mol. The van der Waals surface area contributed by atoms with Crippen molar-refractivity contribution in [2.75, 3.05) is 5.32 Å². The lowest BCUT2D eigenvalue weighted by molar-refractivity contribution is -0.126. The van der Waals surface area contributed by atoms with Gasteiger partial charge < -0.3 is 5.32 Å². The van der Waals surface area contributed by atoms with Crippen molar-refractivity contribution >= 4 is 28.3 Å². The summed E-state index contributed by atoms with van der Waals surface area (Å²) in [5.74, 6) is -2.08. The molecule has 2 aromatic rings. The van der Waals surface area contributed by atoms with E-state index in [1.54, 1.807) is 0 Å². The van der Waals surface area contributed by atoms with Crippen LogP contribution >= 0.6 is 11.3 Å². The van der Waals surface area contributed by atoms with Gasteiger partial charge in [-0.3, -0.25) is 14.9 Å². The first-order valence-electron chi connectivity index (χ1n) is 9.74. The van der Waals surface area contributed by atoms with Crippen LogP contribution in [0.5, 0.6) is 0 Å². The quantitative estimate of drug-likeness (QED) is 0.599. The summed E-state index contributed by atoms with van der Waals surface area (Å²) in [6, 6.07) is 2.16. The van der Waals surface area contributed by atoms with Crippen LogP contribution < -0.4 is 10.6 Å². The fourth-order valence-electron chi connectivity index (χ4n) is 2.98. The van der Waals surface area contributed by atoms with Gasteiger partial charge in [0.25, 0.3) is 0 Å². The van der Waals surface area contributed by atoms with E-state index >= 15 is 0 Å². The molecule has 1 heterocycles. The van der Waals surface area contributed by atoms with E-state index in [1.165, 1.54) is 11.3 Å². The van der Waals surface area contributed by atoms with Crippen LogP contribution in [0.4, 0.5) is 13.9 Å². The molecule has 0 aliphatic rings. The highest BCUT2D eigenvalue weighted by Crippen LogP contribution is 2.28. The second-order valence-electron chi connectivity index (χ2n) is 6.81. The summed E-state index contributed by atoms with van der Waals surface area (Å²) in [4.78, 5) is 24.9. The third-order valence-electron chi connectivity index (χ3n) is 4.52. The molecular formula is C20H26F2N4O2S. The van der Waals surface area contributed by atoms with E-state index in [9.17, 15) is 18.4 Å². The monoisotopic (exact) mass is 424 g/mol. The van der Waals surface area contributed by atoms with Crippen LogP contribution in [0.2, 0.25) is 0 Å².